The van der Waals surface area contributed by atoms with Gasteiger partial charge in [0.2, 0.25) is 11.8 Å². The number of hydrogen-bond donors (Lipinski definition) is 1. The summed E-state index contributed by atoms with van der Waals surface area (Å²) in [6, 6.07) is 6.33. The average Bonchev–Trinajstić information content (AvgIpc) is 3.15. The molecule has 0 unspecified atom stereocenters. The van der Waals surface area contributed by atoms with Gasteiger partial charge in [-0.3, -0.25) is 9.48 Å². The molecule has 1 aromatic carbocycles. The second kappa shape index (κ2) is 7.90. The average molecular weight is 360 g/mol. The second-order valence-electron chi connectivity index (χ2n) is 5.88. The molecule has 0 bridgehead atoms. The molecular weight excluding hydrogens is 339 g/mol. The van der Waals surface area contributed by atoms with Crippen molar-refractivity contribution in [2.45, 2.75) is 13.3 Å². The summed E-state index contributed by atoms with van der Waals surface area (Å²) in [7, 11) is 1.81. The van der Waals surface area contributed by atoms with Crippen molar-refractivity contribution in [3.63, 3.8) is 0 Å². The smallest absolute Gasteiger partial charge is 0.232 e. The zero-order chi connectivity index (χ0) is 18.5. The van der Waals surface area contributed by atoms with E-state index in [1.54, 1.807) is 27.7 Å². The zero-order valence-electron chi connectivity index (χ0n) is 14.7. The predicted octanol–water partition coefficient (Wildman–Crippen LogP) is 1.70. The number of nitrogens with zero attached hydrogens (tertiary/aromatic N) is 3. The topological polar surface area (TPSA) is 70.3 Å². The van der Waals surface area contributed by atoms with Crippen LogP contribution in [0.3, 0.4) is 0 Å². The van der Waals surface area contributed by atoms with E-state index in [1.807, 2.05) is 13.2 Å². The molecule has 3 aromatic rings. The third-order valence-electron chi connectivity index (χ3n) is 3.84. The van der Waals surface area contributed by atoms with Gasteiger partial charge in [-0.2, -0.15) is 4.73 Å². The summed E-state index contributed by atoms with van der Waals surface area (Å²) in [6.45, 7) is 2.58. The summed E-state index contributed by atoms with van der Waals surface area (Å²) in [4.78, 5) is 16.7. The van der Waals surface area contributed by atoms with E-state index in [-0.39, 0.29) is 18.3 Å². The number of rotatable bonds is 8. The highest BCUT2D eigenvalue weighted by atomic mass is 19.1. The van der Waals surface area contributed by atoms with Gasteiger partial charge >= 0.3 is 0 Å². The number of ether oxygens (including phenoxy) is 1. The highest BCUT2D eigenvalue weighted by Gasteiger charge is 2.11. The number of aromatic nitrogens is 3. The first-order valence-electron chi connectivity index (χ1n) is 8.32. The number of halogens is 1. The van der Waals surface area contributed by atoms with E-state index < -0.39 is 0 Å². The van der Waals surface area contributed by atoms with Crippen LogP contribution in [0.2, 0.25) is 0 Å². The van der Waals surface area contributed by atoms with Crippen LogP contribution in [0.1, 0.15) is 12.5 Å². The van der Waals surface area contributed by atoms with Crippen molar-refractivity contribution >= 4 is 16.8 Å². The number of benzene rings is 1. The first-order valence-corrected chi connectivity index (χ1v) is 8.32. The lowest BCUT2D eigenvalue weighted by Gasteiger charge is -2.08. The SMILES string of the molecule is CC(=O)NCCc1cn(OCCOc2ccn(C)n2)c2cc(F)ccc12. The number of carbonyl (C=O) groups excluding carboxylic acids is 1. The maximum atomic E-state index is 13.6. The molecule has 0 spiro atoms. The highest BCUT2D eigenvalue weighted by Crippen LogP contribution is 2.22. The molecule has 7 nitrogen and oxygen atoms in total. The van der Waals surface area contributed by atoms with Gasteiger partial charge in [0.25, 0.3) is 0 Å². The molecule has 0 aliphatic carbocycles. The summed E-state index contributed by atoms with van der Waals surface area (Å²) in [5.74, 6) is 0.108. The molecule has 0 saturated heterocycles. The van der Waals surface area contributed by atoms with Crippen LogP contribution >= 0.6 is 0 Å². The summed E-state index contributed by atoms with van der Waals surface area (Å²) < 4.78 is 22.3. The standard InChI is InChI=1S/C18H21FN4O3/c1-13(24)20-7-5-14-12-23(17-11-15(19)3-4-16(14)17)26-10-9-25-18-6-8-22(2)21-18/h3-4,6,8,11-12H,5,7,9-10H2,1-2H3,(H,20,24). The Hall–Kier alpha value is -3.03. The third kappa shape index (κ3) is 4.33. The van der Waals surface area contributed by atoms with E-state index in [1.165, 1.54) is 19.1 Å². The summed E-state index contributed by atoms with van der Waals surface area (Å²) in [5, 5.41) is 7.77. The van der Waals surface area contributed by atoms with Crippen LogP contribution in [0.15, 0.2) is 36.7 Å². The highest BCUT2D eigenvalue weighted by molar-refractivity contribution is 5.84. The third-order valence-corrected chi connectivity index (χ3v) is 3.84. The molecule has 0 fully saturated rings. The van der Waals surface area contributed by atoms with Crippen LogP contribution in [0.25, 0.3) is 10.9 Å². The minimum absolute atomic E-state index is 0.0808. The van der Waals surface area contributed by atoms with E-state index in [0.717, 1.165) is 10.9 Å². The number of fused-ring (bicyclic) bond motifs is 1. The van der Waals surface area contributed by atoms with Crippen molar-refractivity contribution in [1.29, 1.82) is 0 Å². The van der Waals surface area contributed by atoms with Gasteiger partial charge in [0.05, 0.1) is 5.52 Å². The summed E-state index contributed by atoms with van der Waals surface area (Å²) in [6.07, 6.45) is 4.23. The van der Waals surface area contributed by atoms with Crippen molar-refractivity contribution in [3.8, 4) is 5.88 Å². The molecule has 2 aromatic heterocycles. The molecule has 26 heavy (non-hydrogen) atoms. The van der Waals surface area contributed by atoms with Crippen LogP contribution in [0.4, 0.5) is 4.39 Å². The van der Waals surface area contributed by atoms with Gasteiger partial charge in [0.1, 0.15) is 19.0 Å². The van der Waals surface area contributed by atoms with Gasteiger partial charge < -0.3 is 14.9 Å². The maximum Gasteiger partial charge on any atom is 0.232 e. The van der Waals surface area contributed by atoms with Crippen molar-refractivity contribution in [2.75, 3.05) is 19.8 Å². The molecule has 0 aliphatic rings. The fourth-order valence-electron chi connectivity index (χ4n) is 2.67. The van der Waals surface area contributed by atoms with Crippen LogP contribution in [-0.2, 0) is 18.3 Å². The Kier molecular flexibility index (Phi) is 5.40. The van der Waals surface area contributed by atoms with E-state index in [4.69, 9.17) is 9.57 Å². The van der Waals surface area contributed by atoms with Gasteiger partial charge in [-0.25, -0.2) is 4.39 Å². The minimum Gasteiger partial charge on any atom is -0.473 e. The Morgan fingerprint density at radius 2 is 2.15 bits per heavy atom. The van der Waals surface area contributed by atoms with Gasteiger partial charge in [-0.1, -0.05) is 0 Å². The predicted molar refractivity (Wildman–Crippen MR) is 94.4 cm³/mol. The molecule has 0 saturated carbocycles. The monoisotopic (exact) mass is 360 g/mol. The molecule has 2 heterocycles. The van der Waals surface area contributed by atoms with Gasteiger partial charge in [0.15, 0.2) is 0 Å². The quantitative estimate of drug-likeness (QED) is 0.621. The molecule has 0 radical (unpaired) electrons. The van der Waals surface area contributed by atoms with Crippen molar-refractivity contribution in [1.82, 2.24) is 19.8 Å². The lowest BCUT2D eigenvalue weighted by Crippen LogP contribution is -2.22. The molecule has 1 amide bonds. The van der Waals surface area contributed by atoms with Crippen molar-refractivity contribution < 1.29 is 18.8 Å². The fraction of sp³-hybridized carbons (Fsp3) is 0.333. The van der Waals surface area contributed by atoms with Crippen molar-refractivity contribution in [2.24, 2.45) is 7.05 Å². The van der Waals surface area contributed by atoms with Crippen LogP contribution < -0.4 is 14.9 Å². The van der Waals surface area contributed by atoms with Gasteiger partial charge in [-0.05, 0) is 24.1 Å². The first-order chi connectivity index (χ1) is 12.5. The summed E-state index contributed by atoms with van der Waals surface area (Å²) in [5.41, 5.74) is 1.61. The molecule has 8 heteroatoms. The number of aryl methyl sites for hydroxylation is 1. The molecule has 1 N–H and O–H groups in total. The molecule has 138 valence electrons. The largest absolute Gasteiger partial charge is 0.473 e. The number of nitrogens with one attached hydrogen (secondary N) is 1. The Labute approximate surface area is 150 Å². The van der Waals surface area contributed by atoms with Gasteiger partial charge in [0, 0.05) is 50.4 Å². The van der Waals surface area contributed by atoms with E-state index >= 15 is 0 Å². The van der Waals surface area contributed by atoms with Crippen LogP contribution in [0.5, 0.6) is 5.88 Å². The van der Waals surface area contributed by atoms with Crippen LogP contribution in [-0.4, -0.2) is 40.2 Å². The molecule has 0 atom stereocenters. The molecule has 0 aliphatic heterocycles. The van der Waals surface area contributed by atoms with Gasteiger partial charge in [-0.15, -0.1) is 5.10 Å². The van der Waals surface area contributed by atoms with E-state index in [0.29, 0.717) is 31.0 Å². The second-order valence-corrected chi connectivity index (χ2v) is 5.88. The minimum atomic E-state index is -0.335. The number of carbonyl (C=O) groups is 1. The zero-order valence-corrected chi connectivity index (χ0v) is 14.7. The van der Waals surface area contributed by atoms with Crippen molar-refractivity contribution in [3.05, 3.63) is 48.0 Å². The lowest BCUT2D eigenvalue weighted by atomic mass is 10.1. The Balaban J connectivity index is 1.66. The molecular formula is C18H21FN4O3. The first kappa shape index (κ1) is 17.8. The molecule has 3 rings (SSSR count). The lowest BCUT2D eigenvalue weighted by molar-refractivity contribution is -0.118. The Morgan fingerprint density at radius 3 is 2.88 bits per heavy atom. The van der Waals surface area contributed by atoms with E-state index in [2.05, 4.69) is 10.4 Å². The number of hydrogen-bond acceptors (Lipinski definition) is 4. The Bertz CT molecular complexity index is 903. The number of amides is 1. The fourth-order valence-corrected chi connectivity index (χ4v) is 2.67. The van der Waals surface area contributed by atoms with E-state index in [9.17, 15) is 9.18 Å². The Morgan fingerprint density at radius 1 is 1.31 bits per heavy atom. The van der Waals surface area contributed by atoms with Crippen LogP contribution in [0, 0.1) is 5.82 Å². The normalized spacial score (nSPS) is 10.9. The maximum absolute atomic E-state index is 13.6. The summed E-state index contributed by atoms with van der Waals surface area (Å²) >= 11 is 0.